The van der Waals surface area contributed by atoms with Crippen molar-refractivity contribution in [3.63, 3.8) is 0 Å². The van der Waals surface area contributed by atoms with E-state index in [0.717, 1.165) is 9.26 Å². The molecule has 3 N–H and O–H groups in total. The number of carbonyl (C=O) groups excluding carboxylic acids is 1. The fourth-order valence-electron chi connectivity index (χ4n) is 0.825. The van der Waals surface area contributed by atoms with Crippen molar-refractivity contribution in [2.45, 2.75) is 19.4 Å². The molecule has 0 saturated heterocycles. The summed E-state index contributed by atoms with van der Waals surface area (Å²) in [4.78, 5) is 11.5. The van der Waals surface area contributed by atoms with Gasteiger partial charge in [-0.25, -0.2) is 0 Å². The van der Waals surface area contributed by atoms with Crippen LogP contribution in [0.2, 0.25) is 0 Å². The van der Waals surface area contributed by atoms with Gasteiger partial charge in [0.05, 0.1) is 5.54 Å². The molecule has 1 aromatic rings. The van der Waals surface area contributed by atoms with Crippen LogP contribution in [0.1, 0.15) is 13.8 Å². The third-order valence-electron chi connectivity index (χ3n) is 1.69. The van der Waals surface area contributed by atoms with E-state index in [4.69, 9.17) is 5.73 Å². The number of rotatable bonds is 2. The molecule has 0 aliphatic rings. The van der Waals surface area contributed by atoms with Crippen LogP contribution in [0.5, 0.6) is 0 Å². The smallest absolute Gasteiger partial charge is 0.243 e. The molecule has 0 aliphatic carbocycles. The van der Waals surface area contributed by atoms with E-state index in [1.54, 1.807) is 13.8 Å². The Morgan fingerprint density at radius 3 is 2.29 bits per heavy atom. The predicted molar refractivity (Wildman–Crippen MR) is 66.1 cm³/mol. The van der Waals surface area contributed by atoms with Gasteiger partial charge in [0.25, 0.3) is 0 Å². The molecule has 4 heteroatoms. The fourth-order valence-corrected chi connectivity index (χ4v) is 1.18. The Morgan fingerprint density at radius 1 is 1.36 bits per heavy atom. The summed E-state index contributed by atoms with van der Waals surface area (Å²) in [6, 6.07) is 7.57. The monoisotopic (exact) mass is 304 g/mol. The highest BCUT2D eigenvalue weighted by Crippen LogP contribution is 2.12. The summed E-state index contributed by atoms with van der Waals surface area (Å²) in [5.74, 6) is -0.182. The van der Waals surface area contributed by atoms with Gasteiger partial charge < -0.3 is 11.1 Å². The van der Waals surface area contributed by atoms with Crippen LogP contribution in [-0.2, 0) is 4.79 Å². The van der Waals surface area contributed by atoms with Crippen LogP contribution in [0.15, 0.2) is 24.3 Å². The summed E-state index contributed by atoms with van der Waals surface area (Å²) >= 11 is 2.21. The number of hydrogen-bond donors (Lipinski definition) is 2. The highest BCUT2D eigenvalue weighted by Gasteiger charge is 2.21. The molecular weight excluding hydrogens is 291 g/mol. The lowest BCUT2D eigenvalue weighted by molar-refractivity contribution is -0.120. The molecule has 0 spiro atoms. The van der Waals surface area contributed by atoms with E-state index in [2.05, 4.69) is 27.9 Å². The number of amides is 1. The zero-order valence-corrected chi connectivity index (χ0v) is 10.3. The average molecular weight is 304 g/mol. The number of halogens is 1. The number of benzene rings is 1. The summed E-state index contributed by atoms with van der Waals surface area (Å²) in [6.07, 6.45) is 0. The molecular formula is C10H13IN2O. The van der Waals surface area contributed by atoms with Crippen molar-refractivity contribution in [3.8, 4) is 0 Å². The summed E-state index contributed by atoms with van der Waals surface area (Å²) in [7, 11) is 0. The van der Waals surface area contributed by atoms with E-state index in [-0.39, 0.29) is 5.91 Å². The maximum Gasteiger partial charge on any atom is 0.243 e. The molecule has 0 atom stereocenters. The van der Waals surface area contributed by atoms with Crippen molar-refractivity contribution in [1.29, 1.82) is 0 Å². The van der Waals surface area contributed by atoms with Crippen LogP contribution in [0.4, 0.5) is 5.69 Å². The van der Waals surface area contributed by atoms with Crippen molar-refractivity contribution < 1.29 is 4.79 Å². The van der Waals surface area contributed by atoms with E-state index in [1.807, 2.05) is 24.3 Å². The van der Waals surface area contributed by atoms with Crippen LogP contribution in [0, 0.1) is 3.57 Å². The van der Waals surface area contributed by atoms with Gasteiger partial charge in [0.2, 0.25) is 5.91 Å². The molecule has 3 nitrogen and oxygen atoms in total. The number of carbonyl (C=O) groups is 1. The van der Waals surface area contributed by atoms with Gasteiger partial charge in [-0.15, -0.1) is 0 Å². The highest BCUT2D eigenvalue weighted by atomic mass is 127. The summed E-state index contributed by atoms with van der Waals surface area (Å²) in [5.41, 5.74) is 5.57. The predicted octanol–water partition coefficient (Wildman–Crippen LogP) is 1.97. The Kier molecular flexibility index (Phi) is 3.49. The second-order valence-electron chi connectivity index (χ2n) is 3.68. The molecule has 14 heavy (non-hydrogen) atoms. The molecule has 1 aromatic carbocycles. The van der Waals surface area contributed by atoms with Crippen molar-refractivity contribution in [2.75, 3.05) is 5.32 Å². The Labute approximate surface area is 97.2 Å². The highest BCUT2D eigenvalue weighted by molar-refractivity contribution is 14.1. The van der Waals surface area contributed by atoms with E-state index >= 15 is 0 Å². The van der Waals surface area contributed by atoms with Gasteiger partial charge in [-0.05, 0) is 60.7 Å². The summed E-state index contributed by atoms with van der Waals surface area (Å²) in [5, 5.41) is 2.74. The molecule has 0 bridgehead atoms. The van der Waals surface area contributed by atoms with Gasteiger partial charge in [0.1, 0.15) is 0 Å². The lowest BCUT2D eigenvalue weighted by Gasteiger charge is -2.17. The Morgan fingerprint density at radius 2 is 1.86 bits per heavy atom. The van der Waals surface area contributed by atoms with Crippen LogP contribution in [0.25, 0.3) is 0 Å². The van der Waals surface area contributed by atoms with E-state index in [9.17, 15) is 4.79 Å². The average Bonchev–Trinajstić information content (AvgIpc) is 2.07. The van der Waals surface area contributed by atoms with Gasteiger partial charge >= 0.3 is 0 Å². The lowest BCUT2D eigenvalue weighted by atomic mass is 10.1. The molecule has 0 radical (unpaired) electrons. The second kappa shape index (κ2) is 4.27. The van der Waals surface area contributed by atoms with Crippen LogP contribution >= 0.6 is 22.6 Å². The number of nitrogens with two attached hydrogens (primary N) is 1. The first-order valence-corrected chi connectivity index (χ1v) is 5.33. The SMILES string of the molecule is CC(C)(N)C(=O)Nc1ccc(I)cc1. The third kappa shape index (κ3) is 3.26. The molecule has 0 saturated carbocycles. The fraction of sp³-hybridized carbons (Fsp3) is 0.300. The van der Waals surface area contributed by atoms with Crippen molar-refractivity contribution in [3.05, 3.63) is 27.8 Å². The molecule has 1 amide bonds. The van der Waals surface area contributed by atoms with Crippen LogP contribution < -0.4 is 11.1 Å². The van der Waals surface area contributed by atoms with Crippen molar-refractivity contribution in [2.24, 2.45) is 5.73 Å². The third-order valence-corrected chi connectivity index (χ3v) is 2.41. The minimum Gasteiger partial charge on any atom is -0.325 e. The molecule has 0 unspecified atom stereocenters. The van der Waals surface area contributed by atoms with E-state index in [1.165, 1.54) is 0 Å². The Balaban J connectivity index is 2.71. The zero-order chi connectivity index (χ0) is 10.8. The topological polar surface area (TPSA) is 55.1 Å². The molecule has 76 valence electrons. The molecule has 0 heterocycles. The van der Waals surface area contributed by atoms with Gasteiger partial charge in [-0.3, -0.25) is 4.79 Å². The minimum atomic E-state index is -0.844. The first-order chi connectivity index (χ1) is 6.39. The van der Waals surface area contributed by atoms with Crippen LogP contribution in [0.3, 0.4) is 0 Å². The standard InChI is InChI=1S/C10H13IN2O/c1-10(2,12)9(14)13-8-5-3-7(11)4-6-8/h3-6H,12H2,1-2H3,(H,13,14). The Hall–Kier alpha value is -0.620. The first kappa shape index (κ1) is 11.5. The first-order valence-electron chi connectivity index (χ1n) is 4.25. The lowest BCUT2D eigenvalue weighted by Crippen LogP contribution is -2.45. The number of hydrogen-bond acceptors (Lipinski definition) is 2. The molecule has 1 rings (SSSR count). The quantitative estimate of drug-likeness (QED) is 0.821. The van der Waals surface area contributed by atoms with Crippen molar-refractivity contribution >= 4 is 34.2 Å². The van der Waals surface area contributed by atoms with E-state index < -0.39 is 5.54 Å². The van der Waals surface area contributed by atoms with E-state index in [0.29, 0.717) is 0 Å². The maximum absolute atomic E-state index is 11.5. The van der Waals surface area contributed by atoms with Gasteiger partial charge in [-0.1, -0.05) is 0 Å². The van der Waals surface area contributed by atoms with Crippen molar-refractivity contribution in [1.82, 2.24) is 0 Å². The van der Waals surface area contributed by atoms with Gasteiger partial charge in [0, 0.05) is 9.26 Å². The largest absolute Gasteiger partial charge is 0.325 e. The second-order valence-corrected chi connectivity index (χ2v) is 4.93. The summed E-state index contributed by atoms with van der Waals surface area (Å²) < 4.78 is 1.13. The molecule has 0 aromatic heterocycles. The maximum atomic E-state index is 11.5. The number of nitrogens with one attached hydrogen (secondary N) is 1. The normalized spacial score (nSPS) is 11.1. The molecule has 0 aliphatic heterocycles. The number of anilines is 1. The van der Waals surface area contributed by atoms with Crippen LogP contribution in [-0.4, -0.2) is 11.4 Å². The Bertz CT molecular complexity index is 327. The van der Waals surface area contributed by atoms with Gasteiger partial charge in [-0.2, -0.15) is 0 Å². The zero-order valence-electron chi connectivity index (χ0n) is 8.17. The minimum absolute atomic E-state index is 0.182. The van der Waals surface area contributed by atoms with Gasteiger partial charge in [0.15, 0.2) is 0 Å². The molecule has 0 fully saturated rings. The summed E-state index contributed by atoms with van der Waals surface area (Å²) in [6.45, 7) is 3.35.